The van der Waals surface area contributed by atoms with Crippen molar-refractivity contribution in [1.29, 1.82) is 5.26 Å². The lowest BCUT2D eigenvalue weighted by Gasteiger charge is -2.35. The summed E-state index contributed by atoms with van der Waals surface area (Å²) in [5, 5.41) is 13.6. The van der Waals surface area contributed by atoms with Crippen LogP contribution in [0.4, 0.5) is 5.82 Å². The first kappa shape index (κ1) is 24.9. The molecule has 1 aromatic carbocycles. The largest absolute Gasteiger partial charge is 0.462 e. The van der Waals surface area contributed by atoms with Crippen LogP contribution in [0.15, 0.2) is 18.2 Å². The van der Waals surface area contributed by atoms with E-state index in [1.54, 1.807) is 0 Å². The number of benzene rings is 1. The van der Waals surface area contributed by atoms with Gasteiger partial charge in [-0.3, -0.25) is 4.90 Å². The van der Waals surface area contributed by atoms with Crippen molar-refractivity contribution in [1.82, 2.24) is 25.1 Å². The predicted molar refractivity (Wildman–Crippen MR) is 144 cm³/mol. The van der Waals surface area contributed by atoms with Crippen LogP contribution in [0.25, 0.3) is 0 Å². The summed E-state index contributed by atoms with van der Waals surface area (Å²) in [4.78, 5) is 17.2. The van der Waals surface area contributed by atoms with E-state index in [0.717, 1.165) is 75.1 Å². The van der Waals surface area contributed by atoms with Crippen LogP contribution in [-0.2, 0) is 19.5 Å². The van der Waals surface area contributed by atoms with Gasteiger partial charge in [-0.2, -0.15) is 15.2 Å². The molecule has 1 aliphatic carbocycles. The maximum atomic E-state index is 9.28. The Morgan fingerprint density at radius 3 is 2.95 bits per heavy atom. The summed E-state index contributed by atoms with van der Waals surface area (Å²) in [5.74, 6) is 0.974. The SMILES string of the molecule is CN1CCC[C@H]1COc1nc2c(c(N3CCN[C@@H](CC#N)C3)n1)CN(C1CCCc3cccc(Cl)c31)C2. The summed E-state index contributed by atoms with van der Waals surface area (Å²) in [5.41, 5.74) is 4.92. The molecule has 9 heteroatoms. The summed E-state index contributed by atoms with van der Waals surface area (Å²) in [6.45, 7) is 5.76. The number of nitrogens with zero attached hydrogens (tertiary/aromatic N) is 6. The number of likely N-dealkylation sites (tertiary alicyclic amines) is 1. The van der Waals surface area contributed by atoms with E-state index in [4.69, 9.17) is 26.3 Å². The number of hydrogen-bond donors (Lipinski definition) is 1. The van der Waals surface area contributed by atoms with Gasteiger partial charge in [-0.25, -0.2) is 0 Å². The molecule has 3 atom stereocenters. The normalized spacial score (nSPS) is 26.1. The fraction of sp³-hybridized carbons (Fsp3) is 0.607. The Hall–Kier alpha value is -2.44. The van der Waals surface area contributed by atoms with Crippen molar-refractivity contribution < 1.29 is 4.74 Å². The molecular formula is C28H36ClN7O. The maximum Gasteiger partial charge on any atom is 0.318 e. The number of fused-ring (bicyclic) bond motifs is 2. The Bertz CT molecular complexity index is 1180. The van der Waals surface area contributed by atoms with E-state index >= 15 is 0 Å². The number of likely N-dealkylation sites (N-methyl/N-ethyl adjacent to an activating group) is 1. The molecule has 2 fully saturated rings. The third-order valence-corrected chi connectivity index (χ3v) is 8.90. The molecule has 0 spiro atoms. The molecule has 2 saturated heterocycles. The van der Waals surface area contributed by atoms with Crippen molar-refractivity contribution in [2.75, 3.05) is 44.7 Å². The molecule has 6 rings (SSSR count). The van der Waals surface area contributed by atoms with Gasteiger partial charge in [0.1, 0.15) is 12.4 Å². The number of anilines is 1. The topological polar surface area (TPSA) is 80.5 Å². The minimum Gasteiger partial charge on any atom is -0.462 e. The van der Waals surface area contributed by atoms with Crippen LogP contribution in [0.5, 0.6) is 6.01 Å². The average molecular weight is 522 g/mol. The van der Waals surface area contributed by atoms with E-state index in [0.29, 0.717) is 25.1 Å². The van der Waals surface area contributed by atoms with Gasteiger partial charge in [-0.1, -0.05) is 23.7 Å². The first-order valence-electron chi connectivity index (χ1n) is 13.7. The molecule has 0 amide bonds. The van der Waals surface area contributed by atoms with E-state index in [1.165, 1.54) is 29.5 Å². The molecule has 4 aliphatic rings. The van der Waals surface area contributed by atoms with Crippen LogP contribution >= 0.6 is 11.6 Å². The van der Waals surface area contributed by atoms with E-state index in [2.05, 4.69) is 45.3 Å². The Labute approximate surface area is 224 Å². The molecule has 2 aromatic rings. The van der Waals surface area contributed by atoms with Crippen LogP contribution in [0, 0.1) is 11.3 Å². The number of nitrogens with one attached hydrogen (secondary N) is 1. The standard InChI is InChI=1S/C28H36ClN7O/c1-34-13-4-7-21(34)18-37-28-32-24-17-36(25-9-3-6-19-5-2-8-23(29)26(19)25)16-22(24)27(33-28)35-14-12-31-20(15-35)10-11-30/h2,5,8,20-21,25,31H,3-4,6-7,9-10,12-18H2,1H3/t20-,21-,25?/m0/s1. The highest BCUT2D eigenvalue weighted by Gasteiger charge is 2.36. The quantitative estimate of drug-likeness (QED) is 0.616. The summed E-state index contributed by atoms with van der Waals surface area (Å²) in [7, 11) is 2.16. The molecule has 37 heavy (non-hydrogen) atoms. The molecule has 1 aromatic heterocycles. The third-order valence-electron chi connectivity index (χ3n) is 8.57. The lowest BCUT2D eigenvalue weighted by Crippen LogP contribution is -2.51. The highest BCUT2D eigenvalue weighted by Crippen LogP contribution is 2.43. The van der Waals surface area contributed by atoms with Crippen molar-refractivity contribution in [2.24, 2.45) is 0 Å². The van der Waals surface area contributed by atoms with Gasteiger partial charge in [0.25, 0.3) is 0 Å². The summed E-state index contributed by atoms with van der Waals surface area (Å²) in [6, 6.07) is 9.96. The first-order chi connectivity index (χ1) is 18.1. The van der Waals surface area contributed by atoms with Gasteiger partial charge in [-0.05, 0) is 62.9 Å². The highest BCUT2D eigenvalue weighted by molar-refractivity contribution is 6.31. The third kappa shape index (κ3) is 5.03. The molecule has 0 bridgehead atoms. The van der Waals surface area contributed by atoms with Crippen molar-refractivity contribution in [3.05, 3.63) is 45.6 Å². The Morgan fingerprint density at radius 2 is 2.11 bits per heavy atom. The molecule has 4 heterocycles. The van der Waals surface area contributed by atoms with Gasteiger partial charge in [-0.15, -0.1) is 0 Å². The molecule has 8 nitrogen and oxygen atoms in total. The number of piperazine rings is 1. The second-order valence-electron chi connectivity index (χ2n) is 10.9. The van der Waals surface area contributed by atoms with Crippen LogP contribution in [0.3, 0.4) is 0 Å². The van der Waals surface area contributed by atoms with Crippen molar-refractivity contribution in [2.45, 2.75) is 69.7 Å². The van der Waals surface area contributed by atoms with Crippen LogP contribution in [-0.4, -0.2) is 71.7 Å². The molecule has 1 unspecified atom stereocenters. The van der Waals surface area contributed by atoms with E-state index in [9.17, 15) is 5.26 Å². The molecule has 1 N–H and O–H groups in total. The van der Waals surface area contributed by atoms with E-state index in [1.807, 2.05) is 6.07 Å². The molecule has 3 aliphatic heterocycles. The monoisotopic (exact) mass is 521 g/mol. The number of ether oxygens (including phenoxy) is 1. The zero-order valence-corrected chi connectivity index (χ0v) is 22.4. The predicted octanol–water partition coefficient (Wildman–Crippen LogP) is 3.69. The number of hydrogen-bond acceptors (Lipinski definition) is 8. The van der Waals surface area contributed by atoms with Crippen molar-refractivity contribution >= 4 is 17.4 Å². The Morgan fingerprint density at radius 1 is 1.19 bits per heavy atom. The van der Waals surface area contributed by atoms with Gasteiger partial charge in [0.15, 0.2) is 0 Å². The number of nitriles is 1. The van der Waals surface area contributed by atoms with Gasteiger partial charge in [0.2, 0.25) is 0 Å². The number of aromatic nitrogens is 2. The minimum absolute atomic E-state index is 0.141. The van der Waals surface area contributed by atoms with Crippen LogP contribution in [0.1, 0.15) is 60.5 Å². The highest BCUT2D eigenvalue weighted by atomic mass is 35.5. The number of rotatable bonds is 6. The zero-order chi connectivity index (χ0) is 25.4. The second kappa shape index (κ2) is 10.7. The van der Waals surface area contributed by atoms with E-state index < -0.39 is 0 Å². The smallest absolute Gasteiger partial charge is 0.318 e. The average Bonchev–Trinajstić information content (AvgIpc) is 3.53. The van der Waals surface area contributed by atoms with Crippen molar-refractivity contribution in [3.63, 3.8) is 0 Å². The molecule has 0 radical (unpaired) electrons. The number of aryl methyl sites for hydroxylation is 1. The summed E-state index contributed by atoms with van der Waals surface area (Å²) in [6.07, 6.45) is 6.21. The minimum atomic E-state index is 0.141. The molecular weight excluding hydrogens is 486 g/mol. The number of halogens is 1. The van der Waals surface area contributed by atoms with Gasteiger partial charge in [0.05, 0.1) is 18.2 Å². The fourth-order valence-corrected chi connectivity index (χ4v) is 6.90. The zero-order valence-electron chi connectivity index (χ0n) is 21.6. The Kier molecular flexibility index (Phi) is 7.22. The van der Waals surface area contributed by atoms with Gasteiger partial charge in [0, 0.05) is 61.4 Å². The second-order valence-corrected chi connectivity index (χ2v) is 11.3. The summed E-state index contributed by atoms with van der Waals surface area (Å²) < 4.78 is 6.25. The van der Waals surface area contributed by atoms with Gasteiger partial charge >= 0.3 is 6.01 Å². The first-order valence-corrected chi connectivity index (χ1v) is 14.1. The van der Waals surface area contributed by atoms with E-state index in [-0.39, 0.29) is 12.1 Å². The lowest BCUT2D eigenvalue weighted by molar-refractivity contribution is 0.178. The lowest BCUT2D eigenvalue weighted by atomic mass is 9.87. The molecule has 0 saturated carbocycles. The van der Waals surface area contributed by atoms with Crippen LogP contribution < -0.4 is 15.0 Å². The summed E-state index contributed by atoms with van der Waals surface area (Å²) >= 11 is 6.75. The van der Waals surface area contributed by atoms with Crippen LogP contribution in [0.2, 0.25) is 5.02 Å². The Balaban J connectivity index is 1.30. The fourth-order valence-electron chi connectivity index (χ4n) is 6.58. The van der Waals surface area contributed by atoms with Crippen molar-refractivity contribution in [3.8, 4) is 12.1 Å². The molecule has 196 valence electrons. The maximum absolute atomic E-state index is 9.28. The van der Waals surface area contributed by atoms with Gasteiger partial charge < -0.3 is 19.9 Å².